The number of hydrogen-bond acceptors (Lipinski definition) is 6. The Morgan fingerprint density at radius 1 is 1.12 bits per heavy atom. The Morgan fingerprint density at radius 3 is 2.15 bits per heavy atom. The van der Waals surface area contributed by atoms with E-state index in [9.17, 15) is 26.3 Å². The molecule has 0 radical (unpaired) electrons. The van der Waals surface area contributed by atoms with Gasteiger partial charge in [0.2, 0.25) is 0 Å². The number of carbonyl (C=O) groups is 2. The summed E-state index contributed by atoms with van der Waals surface area (Å²) in [7, 11) is 1.73. The quantitative estimate of drug-likeness (QED) is 0.630. The number of hydrogen-bond donors (Lipinski definition) is 2. The number of nitrogens with zero attached hydrogens (tertiary/aromatic N) is 2. The van der Waals surface area contributed by atoms with Crippen molar-refractivity contribution in [3.8, 4) is 0 Å². The molecule has 0 saturated heterocycles. The van der Waals surface area contributed by atoms with Gasteiger partial charge in [-0.25, -0.2) is 9.59 Å². The van der Waals surface area contributed by atoms with E-state index >= 15 is 0 Å². The number of ether oxygens (including phenoxy) is 1. The second-order valence-corrected chi connectivity index (χ2v) is 6.57. The predicted octanol–water partition coefficient (Wildman–Crippen LogP) is 3.65. The van der Waals surface area contributed by atoms with Crippen molar-refractivity contribution in [2.24, 2.45) is 0 Å². The lowest BCUT2D eigenvalue weighted by molar-refractivity contribution is -0.193. The number of aliphatic carboxylic acids is 2. The molecule has 1 aliphatic rings. The summed E-state index contributed by atoms with van der Waals surface area (Å²) in [5, 5.41) is 14.2. The van der Waals surface area contributed by atoms with Crippen LogP contribution in [0.25, 0.3) is 0 Å². The SMILES string of the molecule is COCc1cncc2c1CCN(Cc1ccoc1)C2.O=C(O)C(F)(F)F.O=C(O)C(F)(F)F. The van der Waals surface area contributed by atoms with Crippen LogP contribution in [0.15, 0.2) is 35.4 Å². The van der Waals surface area contributed by atoms with Gasteiger partial charge in [0.05, 0.1) is 19.1 Å². The summed E-state index contributed by atoms with van der Waals surface area (Å²) in [4.78, 5) is 24.5. The van der Waals surface area contributed by atoms with E-state index in [0.717, 1.165) is 26.1 Å². The second kappa shape index (κ2) is 12.2. The molecule has 184 valence electrons. The molecule has 0 saturated carbocycles. The van der Waals surface area contributed by atoms with Gasteiger partial charge in [-0.2, -0.15) is 26.3 Å². The minimum Gasteiger partial charge on any atom is -0.475 e. The Bertz CT molecular complexity index is 875. The van der Waals surface area contributed by atoms with Crippen LogP contribution in [-0.2, 0) is 40.4 Å². The van der Waals surface area contributed by atoms with Crippen molar-refractivity contribution in [2.75, 3.05) is 13.7 Å². The normalized spacial score (nSPS) is 13.7. The van der Waals surface area contributed by atoms with E-state index in [4.69, 9.17) is 29.0 Å². The zero-order valence-corrected chi connectivity index (χ0v) is 17.1. The monoisotopic (exact) mass is 486 g/mol. The van der Waals surface area contributed by atoms with Crippen LogP contribution in [0, 0.1) is 0 Å². The fourth-order valence-electron chi connectivity index (χ4n) is 2.68. The molecule has 0 bridgehead atoms. The first-order chi connectivity index (χ1) is 15.3. The summed E-state index contributed by atoms with van der Waals surface area (Å²) in [6.45, 7) is 3.60. The lowest BCUT2D eigenvalue weighted by Crippen LogP contribution is -2.30. The van der Waals surface area contributed by atoms with Gasteiger partial charge in [-0.3, -0.25) is 9.88 Å². The molecule has 0 spiro atoms. The lowest BCUT2D eigenvalue weighted by Gasteiger charge is -2.29. The average molecular weight is 486 g/mol. The topological polar surface area (TPSA) is 113 Å². The highest BCUT2D eigenvalue weighted by Crippen LogP contribution is 2.23. The maximum atomic E-state index is 10.6. The van der Waals surface area contributed by atoms with Gasteiger partial charge in [0.1, 0.15) is 0 Å². The third-order valence-electron chi connectivity index (χ3n) is 4.08. The van der Waals surface area contributed by atoms with Crippen molar-refractivity contribution < 1.29 is 55.3 Å². The largest absolute Gasteiger partial charge is 0.490 e. The summed E-state index contributed by atoms with van der Waals surface area (Å²) >= 11 is 0. The minimum absolute atomic E-state index is 0.651. The number of halogens is 6. The molecule has 0 aliphatic carbocycles. The third kappa shape index (κ3) is 9.91. The lowest BCUT2D eigenvalue weighted by atomic mass is 9.97. The maximum Gasteiger partial charge on any atom is 0.490 e. The first-order valence-electron chi connectivity index (χ1n) is 9.03. The van der Waals surface area contributed by atoms with E-state index in [0.29, 0.717) is 6.61 Å². The van der Waals surface area contributed by atoms with Crippen molar-refractivity contribution in [2.45, 2.75) is 38.5 Å². The average Bonchev–Trinajstić information content (AvgIpc) is 3.21. The van der Waals surface area contributed by atoms with Crippen molar-refractivity contribution in [3.63, 3.8) is 0 Å². The maximum absolute atomic E-state index is 10.6. The molecule has 2 aromatic rings. The molecule has 0 amide bonds. The molecule has 2 aromatic heterocycles. The van der Waals surface area contributed by atoms with Gasteiger partial charge in [0, 0.05) is 44.7 Å². The number of fused-ring (bicyclic) bond motifs is 1. The Morgan fingerprint density at radius 2 is 1.70 bits per heavy atom. The molecule has 0 aromatic carbocycles. The Balaban J connectivity index is 0.000000324. The van der Waals surface area contributed by atoms with Crippen LogP contribution >= 0.6 is 0 Å². The van der Waals surface area contributed by atoms with Crippen LogP contribution in [-0.4, -0.2) is 58.0 Å². The van der Waals surface area contributed by atoms with Gasteiger partial charge in [-0.15, -0.1) is 0 Å². The van der Waals surface area contributed by atoms with Gasteiger partial charge >= 0.3 is 24.3 Å². The molecule has 14 heteroatoms. The number of carboxylic acid groups (broad SMARTS) is 2. The van der Waals surface area contributed by atoms with Gasteiger partial charge in [0.15, 0.2) is 0 Å². The molecule has 2 N–H and O–H groups in total. The van der Waals surface area contributed by atoms with E-state index in [-0.39, 0.29) is 0 Å². The first kappa shape index (κ1) is 27.9. The van der Waals surface area contributed by atoms with Crippen LogP contribution in [0.4, 0.5) is 26.3 Å². The fourth-order valence-corrected chi connectivity index (χ4v) is 2.68. The zero-order chi connectivity index (χ0) is 25.2. The summed E-state index contributed by atoms with van der Waals surface area (Å²) in [5.74, 6) is -5.51. The number of aromatic nitrogens is 1. The van der Waals surface area contributed by atoms with Crippen LogP contribution in [0.1, 0.15) is 22.3 Å². The van der Waals surface area contributed by atoms with Crippen LogP contribution in [0.3, 0.4) is 0 Å². The van der Waals surface area contributed by atoms with E-state index < -0.39 is 24.3 Å². The number of furan rings is 1. The van der Waals surface area contributed by atoms with E-state index in [2.05, 4.69) is 9.88 Å². The molecule has 0 atom stereocenters. The van der Waals surface area contributed by atoms with Crippen molar-refractivity contribution >= 4 is 11.9 Å². The summed E-state index contributed by atoms with van der Waals surface area (Å²) in [6, 6.07) is 2.02. The molecular formula is C19H20F6N2O6. The standard InChI is InChI=1S/C15H18N2O2.2C2HF3O2/c1-18-11-14-7-16-6-13-9-17(4-2-15(13)14)8-12-3-5-19-10-12;2*3-2(4,5)1(6)7/h3,5-7,10H,2,4,8-9,11H2,1H3;2*(H,6,7). The van der Waals surface area contributed by atoms with Gasteiger partial charge in [-0.05, 0) is 29.2 Å². The third-order valence-corrected chi connectivity index (χ3v) is 4.08. The van der Waals surface area contributed by atoms with Crippen LogP contribution < -0.4 is 0 Å². The number of pyridine rings is 1. The number of rotatable bonds is 4. The summed E-state index contributed by atoms with van der Waals surface area (Å²) in [5.41, 5.74) is 5.19. The van der Waals surface area contributed by atoms with E-state index in [1.165, 1.54) is 22.3 Å². The molecule has 3 rings (SSSR count). The molecule has 33 heavy (non-hydrogen) atoms. The van der Waals surface area contributed by atoms with Crippen molar-refractivity contribution in [1.82, 2.24) is 9.88 Å². The van der Waals surface area contributed by atoms with E-state index in [1.807, 2.05) is 24.7 Å². The molecule has 1 aliphatic heterocycles. The number of carboxylic acids is 2. The first-order valence-corrected chi connectivity index (χ1v) is 9.03. The van der Waals surface area contributed by atoms with Crippen molar-refractivity contribution in [3.05, 3.63) is 53.2 Å². The van der Waals surface area contributed by atoms with Crippen LogP contribution in [0.5, 0.6) is 0 Å². The smallest absolute Gasteiger partial charge is 0.475 e. The Hall–Kier alpha value is -3.13. The highest BCUT2D eigenvalue weighted by atomic mass is 19.4. The molecule has 3 heterocycles. The number of methoxy groups -OCH3 is 1. The predicted molar refractivity (Wildman–Crippen MR) is 98.9 cm³/mol. The Labute approximate surface area is 183 Å². The Kier molecular flexibility index (Phi) is 10.3. The molecule has 0 fully saturated rings. The highest BCUT2D eigenvalue weighted by molar-refractivity contribution is 5.73. The molecule has 8 nitrogen and oxygen atoms in total. The van der Waals surface area contributed by atoms with Gasteiger partial charge in [0.25, 0.3) is 0 Å². The van der Waals surface area contributed by atoms with Gasteiger partial charge < -0.3 is 19.4 Å². The minimum atomic E-state index is -5.08. The van der Waals surface area contributed by atoms with Gasteiger partial charge in [-0.1, -0.05) is 0 Å². The fraction of sp³-hybridized carbons (Fsp3) is 0.421. The molecule has 0 unspecified atom stereocenters. The second-order valence-electron chi connectivity index (χ2n) is 6.57. The number of alkyl halides is 6. The summed E-state index contributed by atoms with van der Waals surface area (Å²) < 4.78 is 73.8. The van der Waals surface area contributed by atoms with E-state index in [1.54, 1.807) is 13.4 Å². The van der Waals surface area contributed by atoms with Crippen LogP contribution in [0.2, 0.25) is 0 Å². The molecular weight excluding hydrogens is 466 g/mol. The van der Waals surface area contributed by atoms with Crippen molar-refractivity contribution in [1.29, 1.82) is 0 Å². The highest BCUT2D eigenvalue weighted by Gasteiger charge is 2.38. The summed E-state index contributed by atoms with van der Waals surface area (Å²) in [6.07, 6.45) is -1.65. The zero-order valence-electron chi connectivity index (χ0n) is 17.1.